The van der Waals surface area contributed by atoms with Crippen LogP contribution in [0.1, 0.15) is 13.3 Å². The van der Waals surface area contributed by atoms with Crippen molar-refractivity contribution in [3.8, 4) is 11.8 Å². The summed E-state index contributed by atoms with van der Waals surface area (Å²) < 4.78 is 26.4. The van der Waals surface area contributed by atoms with Gasteiger partial charge in [-0.3, -0.25) is 0 Å². The number of rotatable bonds is 3. The van der Waals surface area contributed by atoms with Crippen molar-refractivity contribution in [2.24, 2.45) is 0 Å². The second-order valence-corrected chi connectivity index (χ2v) is 3.70. The van der Waals surface area contributed by atoms with Gasteiger partial charge < -0.3 is 5.32 Å². The van der Waals surface area contributed by atoms with Crippen LogP contribution in [-0.2, 0) is 0 Å². The summed E-state index contributed by atoms with van der Waals surface area (Å²) in [6.07, 6.45) is 0.625. The lowest BCUT2D eigenvalue weighted by Crippen LogP contribution is -2.03. The Balaban J connectivity index is 2.71. The van der Waals surface area contributed by atoms with E-state index >= 15 is 0 Å². The van der Waals surface area contributed by atoms with Crippen molar-refractivity contribution >= 4 is 21.6 Å². The molecule has 80 valence electrons. The molecule has 0 amide bonds. The minimum atomic E-state index is -0.605. The summed E-state index contributed by atoms with van der Waals surface area (Å²) in [6.45, 7) is 2.27. The molecule has 1 N–H and O–H groups in total. The van der Waals surface area contributed by atoms with Crippen molar-refractivity contribution in [1.29, 1.82) is 0 Å². The minimum Gasteiger partial charge on any atom is -0.381 e. The fourth-order valence-electron chi connectivity index (χ4n) is 1.09. The zero-order chi connectivity index (χ0) is 11.3. The van der Waals surface area contributed by atoms with E-state index in [1.165, 1.54) is 6.07 Å². The number of benzene rings is 1. The fourth-order valence-corrected chi connectivity index (χ4v) is 1.63. The highest BCUT2D eigenvalue weighted by Gasteiger charge is 2.08. The summed E-state index contributed by atoms with van der Waals surface area (Å²) in [6, 6.07) is 2.06. The summed E-state index contributed by atoms with van der Waals surface area (Å²) in [5.41, 5.74) is 0.273. The van der Waals surface area contributed by atoms with Gasteiger partial charge in [0, 0.05) is 23.5 Å². The van der Waals surface area contributed by atoms with Crippen LogP contribution in [0.15, 0.2) is 16.6 Å². The average molecular weight is 274 g/mol. The maximum atomic E-state index is 13.3. The van der Waals surface area contributed by atoms with Gasteiger partial charge in [-0.05, 0) is 28.9 Å². The van der Waals surface area contributed by atoms with Crippen LogP contribution >= 0.6 is 15.9 Å². The molecule has 0 fully saturated rings. The molecule has 1 rings (SSSR count). The molecule has 1 aromatic rings. The van der Waals surface area contributed by atoms with E-state index in [1.54, 1.807) is 6.92 Å². The molecule has 0 heterocycles. The Morgan fingerprint density at radius 1 is 1.40 bits per heavy atom. The van der Waals surface area contributed by atoms with E-state index in [0.717, 1.165) is 6.07 Å². The molecule has 0 spiro atoms. The number of hydrogen-bond acceptors (Lipinski definition) is 1. The zero-order valence-electron chi connectivity index (χ0n) is 8.20. The van der Waals surface area contributed by atoms with Crippen molar-refractivity contribution < 1.29 is 8.78 Å². The van der Waals surface area contributed by atoms with Crippen LogP contribution in [0, 0.1) is 23.5 Å². The smallest absolute Gasteiger partial charge is 0.150 e. The monoisotopic (exact) mass is 273 g/mol. The molecule has 0 atom stereocenters. The van der Waals surface area contributed by atoms with Crippen molar-refractivity contribution in [2.45, 2.75) is 13.3 Å². The second-order valence-electron chi connectivity index (χ2n) is 2.85. The molecule has 1 aromatic carbocycles. The van der Waals surface area contributed by atoms with Gasteiger partial charge in [-0.2, -0.15) is 0 Å². The Morgan fingerprint density at radius 3 is 2.73 bits per heavy atom. The molecule has 0 aliphatic heterocycles. The van der Waals surface area contributed by atoms with Gasteiger partial charge in [0.1, 0.15) is 11.6 Å². The van der Waals surface area contributed by atoms with Gasteiger partial charge in [0.2, 0.25) is 0 Å². The van der Waals surface area contributed by atoms with E-state index < -0.39 is 11.6 Å². The SMILES string of the molecule is CC#CCCNc1c(F)cc(F)cc1Br. The number of anilines is 1. The molecule has 15 heavy (non-hydrogen) atoms. The molecule has 0 saturated heterocycles. The van der Waals surface area contributed by atoms with Crippen LogP contribution < -0.4 is 5.32 Å². The Kier molecular flexibility index (Phi) is 4.57. The van der Waals surface area contributed by atoms with Gasteiger partial charge in [0.05, 0.1) is 5.69 Å². The topological polar surface area (TPSA) is 12.0 Å². The first kappa shape index (κ1) is 12.0. The number of halogens is 3. The lowest BCUT2D eigenvalue weighted by Gasteiger charge is -2.08. The van der Waals surface area contributed by atoms with Crippen LogP contribution in [0.25, 0.3) is 0 Å². The molecule has 1 nitrogen and oxygen atoms in total. The van der Waals surface area contributed by atoms with Crippen LogP contribution in [0.2, 0.25) is 0 Å². The summed E-state index contributed by atoms with van der Waals surface area (Å²) in [5, 5.41) is 2.85. The van der Waals surface area contributed by atoms with Gasteiger partial charge in [0.25, 0.3) is 0 Å². The first-order chi connectivity index (χ1) is 7.15. The van der Waals surface area contributed by atoms with Crippen molar-refractivity contribution in [3.05, 3.63) is 28.2 Å². The molecule has 0 aliphatic carbocycles. The van der Waals surface area contributed by atoms with Crippen LogP contribution in [0.5, 0.6) is 0 Å². The summed E-state index contributed by atoms with van der Waals surface area (Å²) >= 11 is 3.09. The van der Waals surface area contributed by atoms with Gasteiger partial charge in [-0.15, -0.1) is 11.8 Å². The quantitative estimate of drug-likeness (QED) is 0.656. The summed E-state index contributed by atoms with van der Waals surface area (Å²) in [5.74, 6) is 4.38. The predicted octanol–water partition coefficient (Wildman–Crippen LogP) is 3.55. The predicted molar refractivity (Wildman–Crippen MR) is 60.6 cm³/mol. The highest BCUT2D eigenvalue weighted by molar-refractivity contribution is 9.10. The normalized spacial score (nSPS) is 9.33. The largest absolute Gasteiger partial charge is 0.381 e. The maximum Gasteiger partial charge on any atom is 0.150 e. The number of nitrogens with one attached hydrogen (secondary N) is 1. The minimum absolute atomic E-state index is 0.273. The van der Waals surface area contributed by atoms with Gasteiger partial charge in [-0.1, -0.05) is 0 Å². The third kappa shape index (κ3) is 3.52. The van der Waals surface area contributed by atoms with Crippen molar-refractivity contribution in [1.82, 2.24) is 0 Å². The summed E-state index contributed by atoms with van der Waals surface area (Å²) in [7, 11) is 0. The van der Waals surface area contributed by atoms with Crippen LogP contribution in [0.3, 0.4) is 0 Å². The van der Waals surface area contributed by atoms with Crippen molar-refractivity contribution in [3.63, 3.8) is 0 Å². The van der Waals surface area contributed by atoms with E-state index in [2.05, 4.69) is 33.1 Å². The molecule has 0 saturated carbocycles. The fraction of sp³-hybridized carbons (Fsp3) is 0.273. The highest BCUT2D eigenvalue weighted by atomic mass is 79.9. The van der Waals surface area contributed by atoms with Crippen molar-refractivity contribution in [2.75, 3.05) is 11.9 Å². The molecular weight excluding hydrogens is 264 g/mol. The Morgan fingerprint density at radius 2 is 2.13 bits per heavy atom. The van der Waals surface area contributed by atoms with Gasteiger partial charge in [-0.25, -0.2) is 8.78 Å². The second kappa shape index (κ2) is 5.72. The van der Waals surface area contributed by atoms with Crippen LogP contribution in [-0.4, -0.2) is 6.54 Å². The van der Waals surface area contributed by atoms with Crippen LogP contribution in [0.4, 0.5) is 14.5 Å². The molecule has 0 bridgehead atoms. The molecular formula is C11H10BrF2N. The van der Waals surface area contributed by atoms with Gasteiger partial charge >= 0.3 is 0 Å². The van der Waals surface area contributed by atoms with E-state index in [0.29, 0.717) is 17.4 Å². The standard InChI is InChI=1S/C11H10BrF2N/c1-2-3-4-5-15-11-9(12)6-8(13)7-10(11)14/h6-7,15H,4-5H2,1H3. The molecule has 4 heteroatoms. The van der Waals surface area contributed by atoms with E-state index in [9.17, 15) is 8.78 Å². The molecule has 0 aromatic heterocycles. The first-order valence-electron chi connectivity index (χ1n) is 4.43. The Hall–Kier alpha value is -1.08. The van der Waals surface area contributed by atoms with E-state index in [4.69, 9.17) is 0 Å². The van der Waals surface area contributed by atoms with E-state index in [-0.39, 0.29) is 5.69 Å². The zero-order valence-corrected chi connectivity index (χ0v) is 9.79. The third-order valence-electron chi connectivity index (χ3n) is 1.74. The first-order valence-corrected chi connectivity index (χ1v) is 5.22. The molecule has 0 radical (unpaired) electrons. The lowest BCUT2D eigenvalue weighted by molar-refractivity contribution is 0.584. The lowest BCUT2D eigenvalue weighted by atomic mass is 10.3. The third-order valence-corrected chi connectivity index (χ3v) is 2.36. The molecule has 0 aliphatic rings. The molecule has 0 unspecified atom stereocenters. The average Bonchev–Trinajstić information content (AvgIpc) is 2.15. The highest BCUT2D eigenvalue weighted by Crippen LogP contribution is 2.26. The Bertz CT molecular complexity index is 384. The number of hydrogen-bond donors (Lipinski definition) is 1. The Labute approximate surface area is 96.0 Å². The van der Waals surface area contributed by atoms with Gasteiger partial charge in [0.15, 0.2) is 0 Å². The maximum absolute atomic E-state index is 13.3. The van der Waals surface area contributed by atoms with E-state index in [1.807, 2.05) is 0 Å². The summed E-state index contributed by atoms with van der Waals surface area (Å²) in [4.78, 5) is 0.